The smallest absolute Gasteiger partial charge is 0.302 e. The van der Waals surface area contributed by atoms with Crippen molar-refractivity contribution in [3.8, 4) is 34.5 Å². The number of hydrogen-bond acceptors (Lipinski definition) is 12. The van der Waals surface area contributed by atoms with Crippen molar-refractivity contribution in [2.75, 3.05) is 21.0 Å². The minimum absolute atomic E-state index is 0.0136. The van der Waals surface area contributed by atoms with E-state index < -0.39 is 46.5 Å². The number of carbonyl (C=O) groups excluding carboxylic acids is 2. The van der Waals surface area contributed by atoms with Crippen LogP contribution in [0.3, 0.4) is 0 Å². The fourth-order valence-electron chi connectivity index (χ4n) is 6.77. The Balaban J connectivity index is 1.99. The van der Waals surface area contributed by atoms with Crippen LogP contribution in [0.25, 0.3) is 43.1 Å². The largest absolute Gasteiger partial charge is 0.504 e. The van der Waals surface area contributed by atoms with Crippen molar-refractivity contribution in [2.45, 2.75) is 52.7 Å². The van der Waals surface area contributed by atoms with Gasteiger partial charge < -0.3 is 38.6 Å². The molecule has 2 N–H and O–H groups in total. The number of carbonyl (C=O) groups is 2. The lowest BCUT2D eigenvalue weighted by atomic mass is 9.81. The summed E-state index contributed by atoms with van der Waals surface area (Å²) in [7, 11) is 2.67. The number of hydrogen-bond donors (Lipinski definition) is 2. The molecule has 2 atom stereocenters. The van der Waals surface area contributed by atoms with Gasteiger partial charge in [-0.3, -0.25) is 19.2 Å². The molecule has 0 saturated heterocycles. The minimum Gasteiger partial charge on any atom is -0.504 e. The molecule has 0 saturated carbocycles. The zero-order chi connectivity index (χ0) is 32.5. The lowest BCUT2D eigenvalue weighted by Crippen LogP contribution is -2.18. The summed E-state index contributed by atoms with van der Waals surface area (Å²) in [5.74, 6) is -1.71. The summed E-state index contributed by atoms with van der Waals surface area (Å²) in [6.45, 7) is 5.55. The van der Waals surface area contributed by atoms with Gasteiger partial charge >= 0.3 is 11.9 Å². The quantitative estimate of drug-likeness (QED) is 0.146. The summed E-state index contributed by atoms with van der Waals surface area (Å²) in [5.41, 5.74) is -0.421. The first-order valence-electron chi connectivity index (χ1n) is 14.2. The van der Waals surface area contributed by atoms with Crippen LogP contribution in [0.1, 0.15) is 38.8 Å². The summed E-state index contributed by atoms with van der Waals surface area (Å²) in [5, 5.41) is 25.1. The van der Waals surface area contributed by atoms with E-state index in [2.05, 4.69) is 0 Å². The Morgan fingerprint density at radius 3 is 1.40 bits per heavy atom. The lowest BCUT2D eigenvalue weighted by molar-refractivity contribution is -0.146. The van der Waals surface area contributed by atoms with Crippen molar-refractivity contribution < 1.29 is 48.2 Å². The minimum atomic E-state index is -0.723. The van der Waals surface area contributed by atoms with E-state index in [1.54, 1.807) is 13.8 Å². The molecule has 0 amide bonds. The van der Waals surface area contributed by atoms with Crippen LogP contribution in [0.2, 0.25) is 0 Å². The highest BCUT2D eigenvalue weighted by molar-refractivity contribution is 6.38. The molecule has 0 fully saturated rings. The number of phenolic OH excluding ortho intramolecular Hbond substituents is 2. The van der Waals surface area contributed by atoms with E-state index in [0.29, 0.717) is 32.7 Å². The standard InChI is InChI=1S/C33H30O12/c1-12(44-14(3)34)7-16-22-23-17(8-13(2)45-15(4)35)33(41-6)31(39)25-19(37)10-21-27(29(23)25)26-20(42-11-43-21)9-18(36)24(28(22)26)30(38)32(16)40-5/h9-10,12-13,38-39H,7-8,11H2,1-6H3. The van der Waals surface area contributed by atoms with Crippen molar-refractivity contribution >= 4 is 55.0 Å². The molecule has 5 aromatic rings. The normalized spacial score (nSPS) is 13.9. The predicted octanol–water partition coefficient (Wildman–Crippen LogP) is 4.04. The Morgan fingerprint density at radius 1 is 0.689 bits per heavy atom. The van der Waals surface area contributed by atoms with Gasteiger partial charge in [-0.05, 0) is 24.6 Å². The second-order valence-electron chi connectivity index (χ2n) is 11.1. The summed E-state index contributed by atoms with van der Waals surface area (Å²) in [4.78, 5) is 51.2. The number of methoxy groups -OCH3 is 2. The molecule has 0 aliphatic carbocycles. The van der Waals surface area contributed by atoms with Crippen molar-refractivity contribution in [3.05, 3.63) is 43.7 Å². The summed E-state index contributed by atoms with van der Waals surface area (Å²) < 4.78 is 34.1. The Kier molecular flexibility index (Phi) is 7.10. The predicted molar refractivity (Wildman–Crippen MR) is 164 cm³/mol. The average Bonchev–Trinajstić information content (AvgIpc) is 3.12. The van der Waals surface area contributed by atoms with Crippen molar-refractivity contribution in [3.63, 3.8) is 0 Å². The Bertz CT molecular complexity index is 2020. The fourth-order valence-corrected chi connectivity index (χ4v) is 6.77. The van der Waals surface area contributed by atoms with Gasteiger partial charge in [0, 0.05) is 71.5 Å². The zero-order valence-electron chi connectivity index (χ0n) is 25.4. The van der Waals surface area contributed by atoms with E-state index in [-0.39, 0.29) is 64.2 Å². The van der Waals surface area contributed by atoms with E-state index in [9.17, 15) is 29.4 Å². The van der Waals surface area contributed by atoms with Gasteiger partial charge in [0.15, 0.2) is 33.9 Å². The van der Waals surface area contributed by atoms with Crippen LogP contribution < -0.4 is 29.8 Å². The Morgan fingerprint density at radius 2 is 1.07 bits per heavy atom. The van der Waals surface area contributed by atoms with Crippen LogP contribution in [0, 0.1) is 0 Å². The lowest BCUT2D eigenvalue weighted by Gasteiger charge is -2.25. The van der Waals surface area contributed by atoms with Gasteiger partial charge in [-0.2, -0.15) is 0 Å². The second kappa shape index (κ2) is 10.7. The maximum Gasteiger partial charge on any atom is 0.302 e. The first-order valence-corrected chi connectivity index (χ1v) is 14.2. The van der Waals surface area contributed by atoms with Crippen LogP contribution >= 0.6 is 0 Å². The summed E-state index contributed by atoms with van der Waals surface area (Å²) in [6.07, 6.45) is -1.42. The third-order valence-electron chi connectivity index (χ3n) is 8.12. The zero-order valence-corrected chi connectivity index (χ0v) is 25.4. The molecule has 5 aromatic carbocycles. The van der Waals surface area contributed by atoms with Crippen molar-refractivity contribution in [1.29, 1.82) is 0 Å². The highest BCUT2D eigenvalue weighted by atomic mass is 16.7. The highest BCUT2D eigenvalue weighted by Gasteiger charge is 2.34. The molecular formula is C33H30O12. The highest BCUT2D eigenvalue weighted by Crippen LogP contribution is 2.56. The van der Waals surface area contributed by atoms with E-state index in [4.69, 9.17) is 28.4 Å². The SMILES string of the molecule is COc1c(O)c2c(=O)cc3c4c5c(cc(=O)c6c(O)c(OC)c(CC(C)OC(C)=O)c(c(c1CC(C)OC(C)=O)c24)c65)OCO3. The molecule has 0 spiro atoms. The molecule has 234 valence electrons. The van der Waals surface area contributed by atoms with Crippen LogP contribution in [0.15, 0.2) is 21.7 Å². The average molecular weight is 619 g/mol. The number of rotatable bonds is 8. The van der Waals surface area contributed by atoms with Crippen molar-refractivity contribution in [2.24, 2.45) is 0 Å². The molecule has 0 bridgehead atoms. The molecule has 0 radical (unpaired) electrons. The van der Waals surface area contributed by atoms with Crippen LogP contribution in [0.4, 0.5) is 0 Å². The van der Waals surface area contributed by atoms with Gasteiger partial charge in [0.1, 0.15) is 23.7 Å². The third-order valence-corrected chi connectivity index (χ3v) is 8.12. The van der Waals surface area contributed by atoms with Crippen LogP contribution in [-0.4, -0.2) is 55.4 Å². The van der Waals surface area contributed by atoms with Gasteiger partial charge in [0.2, 0.25) is 6.79 Å². The summed E-state index contributed by atoms with van der Waals surface area (Å²) in [6, 6.07) is 2.46. The van der Waals surface area contributed by atoms with Crippen molar-refractivity contribution in [1.82, 2.24) is 0 Å². The number of benzene rings is 5. The molecule has 12 heteroatoms. The molecule has 0 aromatic heterocycles. The topological polar surface area (TPSA) is 164 Å². The summed E-state index contributed by atoms with van der Waals surface area (Å²) >= 11 is 0. The van der Waals surface area contributed by atoms with Gasteiger partial charge in [-0.25, -0.2) is 0 Å². The molecular weight excluding hydrogens is 588 g/mol. The molecule has 6 rings (SSSR count). The third kappa shape index (κ3) is 4.42. The van der Waals surface area contributed by atoms with Crippen LogP contribution in [-0.2, 0) is 31.9 Å². The first kappa shape index (κ1) is 29.8. The van der Waals surface area contributed by atoms with Gasteiger partial charge in [-0.15, -0.1) is 0 Å². The molecule has 2 unspecified atom stereocenters. The first-order chi connectivity index (χ1) is 21.4. The van der Waals surface area contributed by atoms with E-state index >= 15 is 0 Å². The molecule has 1 heterocycles. The monoisotopic (exact) mass is 618 g/mol. The molecule has 45 heavy (non-hydrogen) atoms. The molecule has 1 aliphatic heterocycles. The number of fused-ring (bicyclic) bond motifs is 1. The number of esters is 2. The Labute approximate surface area is 255 Å². The maximum absolute atomic E-state index is 13.7. The number of ether oxygens (including phenoxy) is 6. The number of aromatic hydroxyl groups is 2. The van der Waals surface area contributed by atoms with Gasteiger partial charge in [0.25, 0.3) is 0 Å². The molecule has 12 nitrogen and oxygen atoms in total. The van der Waals surface area contributed by atoms with Gasteiger partial charge in [-0.1, -0.05) is 0 Å². The second-order valence-corrected chi connectivity index (χ2v) is 11.1. The molecule has 1 aliphatic rings. The van der Waals surface area contributed by atoms with E-state index in [1.807, 2.05) is 0 Å². The van der Waals surface area contributed by atoms with Gasteiger partial charge in [0.05, 0.1) is 25.0 Å². The van der Waals surface area contributed by atoms with E-state index in [1.165, 1.54) is 40.2 Å². The maximum atomic E-state index is 13.7. The fraction of sp³-hybridized carbons (Fsp3) is 0.333. The van der Waals surface area contributed by atoms with E-state index in [0.717, 1.165) is 0 Å². The van der Waals surface area contributed by atoms with Crippen LogP contribution in [0.5, 0.6) is 34.5 Å². The number of phenols is 2. The Hall–Kier alpha value is -5.26.